The van der Waals surface area contributed by atoms with Gasteiger partial charge in [-0.25, -0.2) is 4.79 Å². The SMILES string of the molecule is C=CC(=O)OC1C2CC3(C#N)C(O2)C1OS3(=O)=O. The molecule has 3 heterocycles. The molecule has 0 aliphatic carbocycles. The lowest BCUT2D eigenvalue weighted by Crippen LogP contribution is -2.48. The molecule has 5 unspecified atom stereocenters. The van der Waals surface area contributed by atoms with Crippen LogP contribution in [0.4, 0.5) is 0 Å². The number of carbonyl (C=O) groups is 1. The van der Waals surface area contributed by atoms with Crippen LogP contribution in [0.5, 0.6) is 0 Å². The van der Waals surface area contributed by atoms with E-state index in [1.165, 1.54) is 0 Å². The third-order valence-corrected chi connectivity index (χ3v) is 5.42. The quantitative estimate of drug-likeness (QED) is 0.369. The molecule has 7 nitrogen and oxygen atoms in total. The van der Waals surface area contributed by atoms with Gasteiger partial charge in [0.25, 0.3) is 10.1 Å². The minimum absolute atomic E-state index is 0.0396. The van der Waals surface area contributed by atoms with Crippen LogP contribution in [0.15, 0.2) is 12.7 Å². The first kappa shape index (κ1) is 11.6. The van der Waals surface area contributed by atoms with E-state index in [1.54, 1.807) is 6.07 Å². The summed E-state index contributed by atoms with van der Waals surface area (Å²) >= 11 is 0. The van der Waals surface area contributed by atoms with Crippen molar-refractivity contribution in [2.75, 3.05) is 0 Å². The van der Waals surface area contributed by atoms with E-state index >= 15 is 0 Å². The van der Waals surface area contributed by atoms with Crippen LogP contribution in [-0.2, 0) is 28.6 Å². The van der Waals surface area contributed by atoms with Crippen LogP contribution in [0.25, 0.3) is 0 Å². The summed E-state index contributed by atoms with van der Waals surface area (Å²) in [5.74, 6) is -0.674. The van der Waals surface area contributed by atoms with E-state index < -0.39 is 45.3 Å². The van der Waals surface area contributed by atoms with Gasteiger partial charge in [-0.1, -0.05) is 6.58 Å². The molecule has 0 radical (unpaired) electrons. The fourth-order valence-electron chi connectivity index (χ4n) is 2.75. The Labute approximate surface area is 103 Å². The van der Waals surface area contributed by atoms with Crippen molar-refractivity contribution in [2.24, 2.45) is 0 Å². The minimum Gasteiger partial charge on any atom is -0.453 e. The van der Waals surface area contributed by atoms with E-state index in [0.29, 0.717) is 0 Å². The van der Waals surface area contributed by atoms with E-state index in [0.717, 1.165) is 6.08 Å². The molecule has 0 saturated carbocycles. The highest BCUT2D eigenvalue weighted by Gasteiger charge is 2.76. The number of fused-ring (bicyclic) bond motifs is 1. The molecule has 0 aromatic rings. The lowest BCUT2D eigenvalue weighted by atomic mass is 9.85. The minimum atomic E-state index is -4.02. The Hall–Kier alpha value is -1.43. The second kappa shape index (κ2) is 3.32. The molecule has 2 bridgehead atoms. The molecule has 0 N–H and O–H groups in total. The van der Waals surface area contributed by atoms with Gasteiger partial charge in [0, 0.05) is 12.5 Å². The molecule has 3 aliphatic rings. The molecule has 8 heteroatoms. The smallest absolute Gasteiger partial charge is 0.330 e. The zero-order valence-corrected chi connectivity index (χ0v) is 9.92. The van der Waals surface area contributed by atoms with Gasteiger partial charge in [0.15, 0.2) is 6.10 Å². The molecule has 3 fully saturated rings. The molecule has 0 spiro atoms. The summed E-state index contributed by atoms with van der Waals surface area (Å²) in [5.41, 5.74) is 0. The van der Waals surface area contributed by atoms with Crippen LogP contribution in [0.3, 0.4) is 0 Å². The Morgan fingerprint density at radius 2 is 2.33 bits per heavy atom. The third kappa shape index (κ3) is 1.14. The normalized spacial score (nSPS) is 46.6. The predicted molar refractivity (Wildman–Crippen MR) is 55.5 cm³/mol. The van der Waals surface area contributed by atoms with E-state index in [4.69, 9.17) is 18.9 Å². The zero-order chi connectivity index (χ0) is 13.1. The highest BCUT2D eigenvalue weighted by atomic mass is 32.2. The van der Waals surface area contributed by atoms with Crippen molar-refractivity contribution in [3.05, 3.63) is 12.7 Å². The maximum Gasteiger partial charge on any atom is 0.330 e. The van der Waals surface area contributed by atoms with Crippen molar-refractivity contribution in [3.8, 4) is 6.07 Å². The van der Waals surface area contributed by atoms with Crippen LogP contribution in [0.1, 0.15) is 6.42 Å². The summed E-state index contributed by atoms with van der Waals surface area (Å²) in [6.07, 6.45) is -2.31. The summed E-state index contributed by atoms with van der Waals surface area (Å²) in [6, 6.07) is 1.78. The number of hydrogen-bond acceptors (Lipinski definition) is 7. The van der Waals surface area contributed by atoms with E-state index in [2.05, 4.69) is 6.58 Å². The number of rotatable bonds is 2. The van der Waals surface area contributed by atoms with Crippen LogP contribution >= 0.6 is 0 Å². The molecule has 3 saturated heterocycles. The van der Waals surface area contributed by atoms with Crippen molar-refractivity contribution >= 4 is 16.1 Å². The summed E-state index contributed by atoms with van der Waals surface area (Å²) in [4.78, 5) is 11.2. The number of carbonyl (C=O) groups excluding carboxylic acids is 1. The van der Waals surface area contributed by atoms with Gasteiger partial charge >= 0.3 is 5.97 Å². The molecule has 3 aliphatic heterocycles. The first-order chi connectivity index (χ1) is 8.45. The van der Waals surface area contributed by atoms with E-state index in [-0.39, 0.29) is 6.42 Å². The van der Waals surface area contributed by atoms with Crippen LogP contribution < -0.4 is 0 Å². The van der Waals surface area contributed by atoms with Gasteiger partial charge < -0.3 is 9.47 Å². The Morgan fingerprint density at radius 1 is 1.61 bits per heavy atom. The van der Waals surface area contributed by atoms with Gasteiger partial charge in [0.05, 0.1) is 6.07 Å². The summed E-state index contributed by atoms with van der Waals surface area (Å²) in [6.45, 7) is 3.26. The van der Waals surface area contributed by atoms with Gasteiger partial charge in [-0.3, -0.25) is 4.18 Å². The van der Waals surface area contributed by atoms with Crippen LogP contribution in [0, 0.1) is 11.3 Å². The number of nitriles is 1. The Kier molecular flexibility index (Phi) is 2.15. The molecule has 3 rings (SSSR count). The fraction of sp³-hybridized carbons (Fsp3) is 0.600. The molecular formula is C10H9NO6S. The maximum atomic E-state index is 11.8. The fourth-order valence-corrected chi connectivity index (χ4v) is 4.38. The number of hydrogen-bond donors (Lipinski definition) is 0. The first-order valence-corrected chi connectivity index (χ1v) is 6.68. The number of esters is 1. The molecule has 0 aromatic carbocycles. The molecular weight excluding hydrogens is 262 g/mol. The molecule has 5 atom stereocenters. The van der Waals surface area contributed by atoms with Crippen LogP contribution in [-0.4, -0.2) is 43.5 Å². The summed E-state index contributed by atoms with van der Waals surface area (Å²) < 4.78 is 37.4. The van der Waals surface area contributed by atoms with Crippen molar-refractivity contribution in [2.45, 2.75) is 35.6 Å². The second-order valence-electron chi connectivity index (χ2n) is 4.42. The Bertz CT molecular complexity index is 578. The van der Waals surface area contributed by atoms with Gasteiger partial charge in [-0.2, -0.15) is 13.7 Å². The number of nitrogens with zero attached hydrogens (tertiary/aromatic N) is 1. The standard InChI is InChI=1S/C10H9NO6S/c1-2-6(12)16-7-5-3-10(4-11)9(15-5)8(7)17-18(10,13)14/h2,5,7-9H,1,3H2. The molecule has 96 valence electrons. The topological polar surface area (TPSA) is 103 Å². The average Bonchev–Trinajstić information content (AvgIpc) is 2.89. The van der Waals surface area contributed by atoms with Gasteiger partial charge in [0.2, 0.25) is 4.75 Å². The van der Waals surface area contributed by atoms with Crippen LogP contribution in [0.2, 0.25) is 0 Å². The van der Waals surface area contributed by atoms with E-state index in [1.807, 2.05) is 0 Å². The third-order valence-electron chi connectivity index (χ3n) is 3.57. The van der Waals surface area contributed by atoms with E-state index in [9.17, 15) is 13.2 Å². The van der Waals surface area contributed by atoms with Gasteiger partial charge in [0.1, 0.15) is 18.3 Å². The van der Waals surface area contributed by atoms with Crippen molar-refractivity contribution in [1.29, 1.82) is 5.26 Å². The average molecular weight is 271 g/mol. The largest absolute Gasteiger partial charge is 0.453 e. The Balaban J connectivity index is 1.97. The predicted octanol–water partition coefficient (Wildman–Crippen LogP) is -0.754. The molecule has 0 amide bonds. The zero-order valence-electron chi connectivity index (χ0n) is 9.11. The van der Waals surface area contributed by atoms with Crippen molar-refractivity contribution < 1.29 is 26.9 Å². The lowest BCUT2D eigenvalue weighted by molar-refractivity contribution is -0.148. The monoisotopic (exact) mass is 271 g/mol. The molecule has 0 aromatic heterocycles. The Morgan fingerprint density at radius 3 is 2.94 bits per heavy atom. The summed E-state index contributed by atoms with van der Waals surface area (Å²) in [7, 11) is -4.02. The molecule has 18 heavy (non-hydrogen) atoms. The van der Waals surface area contributed by atoms with Gasteiger partial charge in [-0.05, 0) is 0 Å². The van der Waals surface area contributed by atoms with Crippen molar-refractivity contribution in [3.63, 3.8) is 0 Å². The highest BCUT2D eigenvalue weighted by Crippen LogP contribution is 2.54. The first-order valence-electron chi connectivity index (χ1n) is 5.28. The second-order valence-corrected chi connectivity index (χ2v) is 6.25. The van der Waals surface area contributed by atoms with Gasteiger partial charge in [-0.15, -0.1) is 0 Å². The highest BCUT2D eigenvalue weighted by molar-refractivity contribution is 7.88. The maximum absolute atomic E-state index is 11.8. The number of ether oxygens (including phenoxy) is 2. The lowest BCUT2D eigenvalue weighted by Gasteiger charge is -2.23. The summed E-state index contributed by atoms with van der Waals surface area (Å²) in [5, 5.41) is 9.10. The van der Waals surface area contributed by atoms with Crippen molar-refractivity contribution in [1.82, 2.24) is 0 Å².